The number of halogens is 1. The zero-order chi connectivity index (χ0) is 15.5. The van der Waals surface area contributed by atoms with Gasteiger partial charge >= 0.3 is 6.09 Å². The van der Waals surface area contributed by atoms with Crippen molar-refractivity contribution >= 4 is 6.09 Å². The van der Waals surface area contributed by atoms with Crippen LogP contribution in [-0.2, 0) is 4.74 Å². The Hall–Kier alpha value is -1.78. The lowest BCUT2D eigenvalue weighted by atomic mass is 10.2. The number of carbonyl (C=O) groups excluding carboxylic acids is 1. The SMILES string of the molecule is CC(C)(C)OC(=O)N1CCC[C@H]1COc1cccc(F)c1. The van der Waals surface area contributed by atoms with Crippen LogP contribution in [0, 0.1) is 5.82 Å². The van der Waals surface area contributed by atoms with Gasteiger partial charge in [-0.2, -0.15) is 0 Å². The smallest absolute Gasteiger partial charge is 0.410 e. The van der Waals surface area contributed by atoms with Crippen molar-refractivity contribution in [3.8, 4) is 5.75 Å². The van der Waals surface area contributed by atoms with Crippen molar-refractivity contribution in [3.63, 3.8) is 0 Å². The summed E-state index contributed by atoms with van der Waals surface area (Å²) in [4.78, 5) is 13.8. The first-order valence-corrected chi connectivity index (χ1v) is 7.23. The number of rotatable bonds is 3. The quantitative estimate of drug-likeness (QED) is 0.855. The second kappa shape index (κ2) is 6.33. The molecule has 0 aromatic heterocycles. The van der Waals surface area contributed by atoms with Crippen LogP contribution in [0.15, 0.2) is 24.3 Å². The van der Waals surface area contributed by atoms with Crippen molar-refractivity contribution in [2.45, 2.75) is 45.3 Å². The summed E-state index contributed by atoms with van der Waals surface area (Å²) in [5.41, 5.74) is -0.506. The van der Waals surface area contributed by atoms with Crippen LogP contribution in [0.2, 0.25) is 0 Å². The van der Waals surface area contributed by atoms with Gasteiger partial charge in [-0.1, -0.05) is 6.07 Å². The standard InChI is InChI=1S/C16H22FNO3/c1-16(2,3)21-15(19)18-9-5-7-13(18)11-20-14-8-4-6-12(17)10-14/h4,6,8,10,13H,5,7,9,11H2,1-3H3/t13-/m0/s1. The highest BCUT2D eigenvalue weighted by Crippen LogP contribution is 2.22. The topological polar surface area (TPSA) is 38.8 Å². The molecule has 1 saturated heterocycles. The Labute approximate surface area is 124 Å². The van der Waals surface area contributed by atoms with Gasteiger partial charge in [-0.3, -0.25) is 0 Å². The van der Waals surface area contributed by atoms with Gasteiger partial charge in [0.2, 0.25) is 0 Å². The number of nitrogens with zero attached hydrogens (tertiary/aromatic N) is 1. The van der Waals surface area contributed by atoms with Gasteiger partial charge in [-0.05, 0) is 45.7 Å². The fourth-order valence-corrected chi connectivity index (χ4v) is 2.32. The molecule has 1 amide bonds. The van der Waals surface area contributed by atoms with Crippen molar-refractivity contribution in [3.05, 3.63) is 30.1 Å². The molecule has 0 radical (unpaired) electrons. The largest absolute Gasteiger partial charge is 0.491 e. The summed E-state index contributed by atoms with van der Waals surface area (Å²) in [6.45, 7) is 6.56. The third kappa shape index (κ3) is 4.62. The van der Waals surface area contributed by atoms with E-state index in [9.17, 15) is 9.18 Å². The molecule has 1 aliphatic rings. The van der Waals surface area contributed by atoms with Crippen molar-refractivity contribution in [1.82, 2.24) is 4.90 Å². The molecule has 1 fully saturated rings. The first-order chi connectivity index (χ1) is 9.85. The second-order valence-electron chi connectivity index (χ2n) is 6.24. The first kappa shape index (κ1) is 15.6. The zero-order valence-corrected chi connectivity index (χ0v) is 12.8. The van der Waals surface area contributed by atoms with E-state index in [1.165, 1.54) is 12.1 Å². The van der Waals surface area contributed by atoms with E-state index in [1.54, 1.807) is 17.0 Å². The van der Waals surface area contributed by atoms with Gasteiger partial charge < -0.3 is 14.4 Å². The number of carbonyl (C=O) groups is 1. The Balaban J connectivity index is 1.91. The lowest BCUT2D eigenvalue weighted by Crippen LogP contribution is -2.42. The highest BCUT2D eigenvalue weighted by Gasteiger charge is 2.32. The van der Waals surface area contributed by atoms with E-state index in [0.29, 0.717) is 18.9 Å². The molecule has 1 aromatic rings. The minimum absolute atomic E-state index is 0.0249. The maximum atomic E-state index is 13.1. The van der Waals surface area contributed by atoms with E-state index in [4.69, 9.17) is 9.47 Å². The van der Waals surface area contributed by atoms with Crippen LogP contribution in [0.4, 0.5) is 9.18 Å². The summed E-state index contributed by atoms with van der Waals surface area (Å²) in [5.74, 6) is 0.147. The number of hydrogen-bond acceptors (Lipinski definition) is 3. The maximum Gasteiger partial charge on any atom is 0.410 e. The third-order valence-corrected chi connectivity index (χ3v) is 3.24. The van der Waals surface area contributed by atoms with Crippen LogP contribution < -0.4 is 4.74 Å². The van der Waals surface area contributed by atoms with Crippen LogP contribution in [0.25, 0.3) is 0 Å². The molecule has 5 heteroatoms. The third-order valence-electron chi connectivity index (χ3n) is 3.24. The van der Waals surface area contributed by atoms with E-state index >= 15 is 0 Å². The molecule has 1 aliphatic heterocycles. The maximum absolute atomic E-state index is 13.1. The van der Waals surface area contributed by atoms with Crippen LogP contribution in [0.5, 0.6) is 5.75 Å². The summed E-state index contributed by atoms with van der Waals surface area (Å²) in [5, 5.41) is 0. The van der Waals surface area contributed by atoms with Gasteiger partial charge in [-0.15, -0.1) is 0 Å². The van der Waals surface area contributed by atoms with Gasteiger partial charge in [0.15, 0.2) is 0 Å². The molecule has 1 atom stereocenters. The number of hydrogen-bond donors (Lipinski definition) is 0. The van der Waals surface area contributed by atoms with Crippen molar-refractivity contribution < 1.29 is 18.7 Å². The average Bonchev–Trinajstić information content (AvgIpc) is 2.83. The molecule has 4 nitrogen and oxygen atoms in total. The predicted octanol–water partition coefficient (Wildman–Crippen LogP) is 3.60. The molecule has 116 valence electrons. The van der Waals surface area contributed by atoms with E-state index in [1.807, 2.05) is 20.8 Å². The molecule has 1 aromatic carbocycles. The van der Waals surface area contributed by atoms with Gasteiger partial charge in [0.1, 0.15) is 23.8 Å². The molecular weight excluding hydrogens is 273 g/mol. The zero-order valence-electron chi connectivity index (χ0n) is 12.8. The summed E-state index contributed by atoms with van der Waals surface area (Å²) < 4.78 is 24.1. The molecule has 0 unspecified atom stereocenters. The summed E-state index contributed by atoms with van der Waals surface area (Å²) in [6, 6.07) is 5.99. The van der Waals surface area contributed by atoms with E-state index in [-0.39, 0.29) is 18.0 Å². The molecule has 0 N–H and O–H groups in total. The Kier molecular flexibility index (Phi) is 4.70. The van der Waals surface area contributed by atoms with Crippen LogP contribution >= 0.6 is 0 Å². The summed E-state index contributed by atoms with van der Waals surface area (Å²) in [6.07, 6.45) is 1.48. The molecule has 0 aliphatic carbocycles. The van der Waals surface area contributed by atoms with Gasteiger partial charge in [0, 0.05) is 12.6 Å². The Morgan fingerprint density at radius 3 is 2.86 bits per heavy atom. The highest BCUT2D eigenvalue weighted by molar-refractivity contribution is 5.69. The fraction of sp³-hybridized carbons (Fsp3) is 0.562. The summed E-state index contributed by atoms with van der Waals surface area (Å²) in [7, 11) is 0. The minimum atomic E-state index is -0.506. The molecule has 2 rings (SSSR count). The number of amides is 1. The Bertz CT molecular complexity index is 499. The fourth-order valence-electron chi connectivity index (χ4n) is 2.32. The average molecular weight is 295 g/mol. The van der Waals surface area contributed by atoms with Crippen molar-refractivity contribution in [2.75, 3.05) is 13.2 Å². The molecular formula is C16H22FNO3. The van der Waals surface area contributed by atoms with E-state index < -0.39 is 5.60 Å². The van der Waals surface area contributed by atoms with Gasteiger partial charge in [0.25, 0.3) is 0 Å². The number of ether oxygens (including phenoxy) is 2. The van der Waals surface area contributed by atoms with Crippen LogP contribution in [-0.4, -0.2) is 35.8 Å². The highest BCUT2D eigenvalue weighted by atomic mass is 19.1. The Morgan fingerprint density at radius 2 is 2.19 bits per heavy atom. The molecule has 1 heterocycles. The van der Waals surface area contributed by atoms with Crippen molar-refractivity contribution in [2.24, 2.45) is 0 Å². The normalized spacial score (nSPS) is 18.7. The molecule has 0 bridgehead atoms. The van der Waals surface area contributed by atoms with Gasteiger partial charge in [-0.25, -0.2) is 9.18 Å². The first-order valence-electron chi connectivity index (χ1n) is 7.23. The van der Waals surface area contributed by atoms with E-state index in [0.717, 1.165) is 12.8 Å². The lowest BCUT2D eigenvalue weighted by Gasteiger charge is -2.28. The number of likely N-dealkylation sites (tertiary alicyclic amines) is 1. The van der Waals surface area contributed by atoms with Gasteiger partial charge in [0.05, 0.1) is 6.04 Å². The Morgan fingerprint density at radius 1 is 1.43 bits per heavy atom. The summed E-state index contributed by atoms with van der Waals surface area (Å²) >= 11 is 0. The van der Waals surface area contributed by atoms with E-state index in [2.05, 4.69) is 0 Å². The minimum Gasteiger partial charge on any atom is -0.491 e. The monoisotopic (exact) mass is 295 g/mol. The lowest BCUT2D eigenvalue weighted by molar-refractivity contribution is 0.0187. The number of benzene rings is 1. The predicted molar refractivity (Wildman–Crippen MR) is 77.9 cm³/mol. The van der Waals surface area contributed by atoms with Crippen molar-refractivity contribution in [1.29, 1.82) is 0 Å². The molecule has 0 saturated carbocycles. The second-order valence-corrected chi connectivity index (χ2v) is 6.24. The molecule has 21 heavy (non-hydrogen) atoms. The van der Waals surface area contributed by atoms with Crippen LogP contribution in [0.1, 0.15) is 33.6 Å². The molecule has 0 spiro atoms. The van der Waals surface area contributed by atoms with Crippen LogP contribution in [0.3, 0.4) is 0 Å².